The molecule has 0 aliphatic carbocycles. The van der Waals surface area contributed by atoms with Gasteiger partial charge >= 0.3 is 0 Å². The van der Waals surface area contributed by atoms with E-state index in [2.05, 4.69) is 36.2 Å². The predicted molar refractivity (Wildman–Crippen MR) is 101 cm³/mol. The minimum absolute atomic E-state index is 0.743. The van der Waals surface area contributed by atoms with Crippen LogP contribution in [0.25, 0.3) is 0 Å². The minimum Gasteiger partial charge on any atom is -0.444 e. The first-order valence-electron chi connectivity index (χ1n) is 9.23. The molecule has 134 valence electrons. The van der Waals surface area contributed by atoms with Gasteiger partial charge in [-0.15, -0.1) is 0 Å². The SMILES string of the molecule is CCN(CC)CCNCCC1(c2ccccc2)Oc2ccccc2O1. The summed E-state index contributed by atoms with van der Waals surface area (Å²) in [6.45, 7) is 9.45. The molecule has 0 radical (unpaired) electrons. The second kappa shape index (κ2) is 8.37. The molecule has 2 aromatic carbocycles. The van der Waals surface area contributed by atoms with Crippen LogP contribution in [0.2, 0.25) is 0 Å². The van der Waals surface area contributed by atoms with Crippen LogP contribution in [-0.4, -0.2) is 37.6 Å². The molecule has 1 heterocycles. The van der Waals surface area contributed by atoms with Gasteiger partial charge < -0.3 is 19.7 Å². The summed E-state index contributed by atoms with van der Waals surface area (Å²) < 4.78 is 12.6. The topological polar surface area (TPSA) is 33.7 Å². The summed E-state index contributed by atoms with van der Waals surface area (Å²) in [7, 11) is 0. The lowest BCUT2D eigenvalue weighted by molar-refractivity contribution is -0.0922. The molecular formula is C21H28N2O2. The largest absolute Gasteiger partial charge is 0.444 e. The summed E-state index contributed by atoms with van der Waals surface area (Å²) in [5.74, 6) is 0.886. The third-order valence-corrected chi connectivity index (χ3v) is 4.74. The number of hydrogen-bond acceptors (Lipinski definition) is 4. The molecule has 0 amide bonds. The summed E-state index contributed by atoms with van der Waals surface area (Å²) in [4.78, 5) is 2.42. The van der Waals surface area contributed by atoms with Crippen LogP contribution in [0.3, 0.4) is 0 Å². The van der Waals surface area contributed by atoms with Crippen LogP contribution in [0, 0.1) is 0 Å². The minimum atomic E-state index is -0.743. The number of likely N-dealkylation sites (N-methyl/N-ethyl adjacent to an activating group) is 1. The van der Waals surface area contributed by atoms with Crippen LogP contribution in [0.4, 0.5) is 0 Å². The maximum absolute atomic E-state index is 6.28. The zero-order valence-electron chi connectivity index (χ0n) is 15.2. The van der Waals surface area contributed by atoms with E-state index in [0.29, 0.717) is 0 Å². The first-order chi connectivity index (χ1) is 12.3. The fourth-order valence-corrected chi connectivity index (χ4v) is 3.21. The number of benzene rings is 2. The van der Waals surface area contributed by atoms with Gasteiger partial charge in [0.15, 0.2) is 11.5 Å². The van der Waals surface area contributed by atoms with Crippen LogP contribution in [-0.2, 0) is 5.79 Å². The highest BCUT2D eigenvalue weighted by Crippen LogP contribution is 2.45. The van der Waals surface area contributed by atoms with Gasteiger partial charge in [-0.1, -0.05) is 56.3 Å². The molecule has 0 saturated carbocycles. The van der Waals surface area contributed by atoms with Gasteiger partial charge in [0, 0.05) is 31.6 Å². The van der Waals surface area contributed by atoms with E-state index in [-0.39, 0.29) is 0 Å². The maximum Gasteiger partial charge on any atom is 0.279 e. The second-order valence-corrected chi connectivity index (χ2v) is 6.30. The molecule has 0 fully saturated rings. The van der Waals surface area contributed by atoms with E-state index >= 15 is 0 Å². The molecule has 0 spiro atoms. The Labute approximate surface area is 150 Å². The van der Waals surface area contributed by atoms with Gasteiger partial charge in [-0.2, -0.15) is 0 Å². The molecule has 25 heavy (non-hydrogen) atoms. The van der Waals surface area contributed by atoms with Gasteiger partial charge in [0.1, 0.15) is 0 Å². The summed E-state index contributed by atoms with van der Waals surface area (Å²) >= 11 is 0. The van der Waals surface area contributed by atoms with Crippen molar-refractivity contribution >= 4 is 0 Å². The van der Waals surface area contributed by atoms with Crippen molar-refractivity contribution in [3.8, 4) is 11.5 Å². The summed E-state index contributed by atoms with van der Waals surface area (Å²) in [6.07, 6.45) is 0.754. The van der Waals surface area contributed by atoms with Crippen LogP contribution in [0.5, 0.6) is 11.5 Å². The highest BCUT2D eigenvalue weighted by atomic mass is 16.7. The monoisotopic (exact) mass is 340 g/mol. The lowest BCUT2D eigenvalue weighted by Crippen LogP contribution is -2.40. The van der Waals surface area contributed by atoms with Crippen molar-refractivity contribution in [3.63, 3.8) is 0 Å². The van der Waals surface area contributed by atoms with Crippen molar-refractivity contribution < 1.29 is 9.47 Å². The fraction of sp³-hybridized carbons (Fsp3) is 0.429. The van der Waals surface area contributed by atoms with Crippen LogP contribution in [0.15, 0.2) is 54.6 Å². The van der Waals surface area contributed by atoms with E-state index in [4.69, 9.17) is 9.47 Å². The molecule has 0 saturated heterocycles. The zero-order chi connectivity index (χ0) is 17.5. The quantitative estimate of drug-likeness (QED) is 0.707. The van der Waals surface area contributed by atoms with Crippen molar-refractivity contribution in [2.45, 2.75) is 26.1 Å². The van der Waals surface area contributed by atoms with Crippen molar-refractivity contribution in [3.05, 3.63) is 60.2 Å². The first-order valence-corrected chi connectivity index (χ1v) is 9.23. The summed E-state index contributed by atoms with van der Waals surface area (Å²) in [5, 5.41) is 3.53. The normalized spacial score (nSPS) is 14.8. The summed E-state index contributed by atoms with van der Waals surface area (Å²) in [5.41, 5.74) is 1.05. The van der Waals surface area contributed by atoms with Gasteiger partial charge in [0.05, 0.1) is 0 Å². The highest BCUT2D eigenvalue weighted by Gasteiger charge is 2.42. The van der Waals surface area contributed by atoms with Crippen molar-refractivity contribution in [1.82, 2.24) is 10.2 Å². The molecule has 1 N–H and O–H groups in total. The third kappa shape index (κ3) is 4.14. The standard InChI is InChI=1S/C21H28N2O2/c1-3-23(4-2)17-16-22-15-14-21(18-10-6-5-7-11-18)24-19-12-8-9-13-20(19)25-21/h5-13,22H,3-4,14-17H2,1-2H3. The molecule has 0 unspecified atom stereocenters. The predicted octanol–water partition coefficient (Wildman–Crippen LogP) is 3.63. The Hall–Kier alpha value is -2.04. The van der Waals surface area contributed by atoms with E-state index in [9.17, 15) is 0 Å². The van der Waals surface area contributed by atoms with Crippen LogP contribution in [0.1, 0.15) is 25.8 Å². The van der Waals surface area contributed by atoms with Crippen LogP contribution >= 0.6 is 0 Å². The lowest BCUT2D eigenvalue weighted by Gasteiger charge is -2.28. The Bertz CT molecular complexity index is 631. The van der Waals surface area contributed by atoms with Crippen molar-refractivity contribution in [1.29, 1.82) is 0 Å². The van der Waals surface area contributed by atoms with E-state index < -0.39 is 5.79 Å². The number of ether oxygens (including phenoxy) is 2. The summed E-state index contributed by atoms with van der Waals surface area (Å²) in [6, 6.07) is 18.1. The van der Waals surface area contributed by atoms with E-state index in [1.807, 2.05) is 42.5 Å². The van der Waals surface area contributed by atoms with E-state index in [1.54, 1.807) is 0 Å². The van der Waals surface area contributed by atoms with Crippen molar-refractivity contribution in [2.24, 2.45) is 0 Å². The second-order valence-electron chi connectivity index (χ2n) is 6.30. The van der Waals surface area contributed by atoms with Crippen molar-refractivity contribution in [2.75, 3.05) is 32.7 Å². The average Bonchev–Trinajstić information content (AvgIpc) is 3.05. The Morgan fingerprint density at radius 1 is 0.840 bits per heavy atom. The molecule has 1 aliphatic heterocycles. The number of nitrogens with one attached hydrogen (secondary N) is 1. The number of hydrogen-bond donors (Lipinski definition) is 1. The number of para-hydroxylation sites is 2. The van der Waals surface area contributed by atoms with E-state index in [0.717, 1.165) is 56.2 Å². The molecule has 2 aromatic rings. The van der Waals surface area contributed by atoms with E-state index in [1.165, 1.54) is 0 Å². The molecular weight excluding hydrogens is 312 g/mol. The Morgan fingerprint density at radius 2 is 1.44 bits per heavy atom. The van der Waals surface area contributed by atoms with Crippen LogP contribution < -0.4 is 14.8 Å². The molecule has 4 heteroatoms. The van der Waals surface area contributed by atoms with Gasteiger partial charge in [0.2, 0.25) is 0 Å². The molecule has 0 bridgehead atoms. The Kier molecular flexibility index (Phi) is 5.95. The van der Waals surface area contributed by atoms with Gasteiger partial charge in [-0.3, -0.25) is 0 Å². The zero-order valence-corrected chi connectivity index (χ0v) is 15.2. The third-order valence-electron chi connectivity index (χ3n) is 4.74. The molecule has 0 atom stereocenters. The van der Waals surface area contributed by atoms with Gasteiger partial charge in [-0.05, 0) is 25.2 Å². The first kappa shape index (κ1) is 17.8. The Morgan fingerprint density at radius 3 is 2.04 bits per heavy atom. The molecule has 1 aliphatic rings. The number of nitrogens with zero attached hydrogens (tertiary/aromatic N) is 1. The molecule has 4 nitrogen and oxygen atoms in total. The number of rotatable bonds is 9. The smallest absolute Gasteiger partial charge is 0.279 e. The fourth-order valence-electron chi connectivity index (χ4n) is 3.21. The number of fused-ring (bicyclic) bond motifs is 1. The average molecular weight is 340 g/mol. The Balaban J connectivity index is 1.64. The lowest BCUT2D eigenvalue weighted by atomic mass is 10.0. The molecule has 0 aromatic heterocycles. The highest BCUT2D eigenvalue weighted by molar-refractivity contribution is 5.44. The molecule has 3 rings (SSSR count). The van der Waals surface area contributed by atoms with Gasteiger partial charge in [-0.25, -0.2) is 0 Å². The van der Waals surface area contributed by atoms with Gasteiger partial charge in [0.25, 0.3) is 5.79 Å². The maximum atomic E-state index is 6.28.